The molecule has 0 N–H and O–H groups in total. The normalized spacial score (nSPS) is 14.3. The van der Waals surface area contributed by atoms with Crippen LogP contribution in [0, 0.1) is 6.92 Å². The van der Waals surface area contributed by atoms with Crippen molar-refractivity contribution in [2.45, 2.75) is 45.4 Å². The molecular formula is C53H40N4. The van der Waals surface area contributed by atoms with Crippen molar-refractivity contribution in [2.24, 2.45) is 0 Å². The lowest BCUT2D eigenvalue weighted by Crippen LogP contribution is -2.17. The number of hydrogen-bond donors (Lipinski definition) is 0. The van der Waals surface area contributed by atoms with E-state index >= 15 is 0 Å². The minimum absolute atomic E-state index is 0.0651. The Kier molecular flexibility index (Phi) is 7.13. The van der Waals surface area contributed by atoms with Crippen molar-refractivity contribution in [2.75, 3.05) is 0 Å². The fourth-order valence-electron chi connectivity index (χ4n) is 9.64. The van der Waals surface area contributed by atoms with E-state index in [2.05, 4.69) is 179 Å². The van der Waals surface area contributed by atoms with Crippen molar-refractivity contribution in [3.8, 4) is 67.7 Å². The van der Waals surface area contributed by atoms with E-state index in [1.807, 2.05) is 6.92 Å². The number of hydrogen-bond acceptors (Lipinski definition) is 4. The quantitative estimate of drug-likeness (QED) is 0.181. The summed E-state index contributed by atoms with van der Waals surface area (Å²) < 4.78 is 0. The van der Waals surface area contributed by atoms with Gasteiger partial charge in [0.25, 0.3) is 0 Å². The SMILES string of the molecule is Cc1cc(-c2cccc3ccccc23)cc(-c2nc(-c3ccc4c(c3)C(C)(C)c3cc5c(cc3-4)C(C)(C)c3ccccc3-5)nc(-c3cccc4ccccc34)n2)n1. The van der Waals surface area contributed by atoms with E-state index < -0.39 is 0 Å². The van der Waals surface area contributed by atoms with Crippen LogP contribution in [0.15, 0.2) is 152 Å². The van der Waals surface area contributed by atoms with Gasteiger partial charge in [-0.2, -0.15) is 0 Å². The molecule has 4 nitrogen and oxygen atoms in total. The summed E-state index contributed by atoms with van der Waals surface area (Å²) in [6.07, 6.45) is 0. The summed E-state index contributed by atoms with van der Waals surface area (Å²) in [6.45, 7) is 11.5. The van der Waals surface area contributed by atoms with Crippen molar-refractivity contribution in [3.05, 3.63) is 180 Å². The fraction of sp³-hybridized carbons (Fsp3) is 0.132. The van der Waals surface area contributed by atoms with Crippen LogP contribution < -0.4 is 0 Å². The average Bonchev–Trinajstić information content (AvgIpc) is 3.60. The topological polar surface area (TPSA) is 51.6 Å². The molecule has 0 saturated carbocycles. The zero-order valence-electron chi connectivity index (χ0n) is 32.7. The molecule has 57 heavy (non-hydrogen) atoms. The van der Waals surface area contributed by atoms with Gasteiger partial charge < -0.3 is 0 Å². The van der Waals surface area contributed by atoms with Gasteiger partial charge in [-0.15, -0.1) is 0 Å². The second kappa shape index (κ2) is 12.1. The first kappa shape index (κ1) is 33.5. The molecule has 272 valence electrons. The summed E-state index contributed by atoms with van der Waals surface area (Å²) in [7, 11) is 0. The summed E-state index contributed by atoms with van der Waals surface area (Å²) in [5.41, 5.74) is 16.2. The van der Waals surface area contributed by atoms with Gasteiger partial charge in [0.2, 0.25) is 0 Å². The predicted octanol–water partition coefficient (Wildman–Crippen LogP) is 13.2. The van der Waals surface area contributed by atoms with E-state index in [4.69, 9.17) is 19.9 Å². The molecule has 0 aliphatic heterocycles. The smallest absolute Gasteiger partial charge is 0.182 e. The van der Waals surface area contributed by atoms with Crippen molar-refractivity contribution in [3.63, 3.8) is 0 Å². The molecular weight excluding hydrogens is 693 g/mol. The zero-order valence-corrected chi connectivity index (χ0v) is 32.7. The lowest BCUT2D eigenvalue weighted by atomic mass is 9.79. The average molecular weight is 733 g/mol. The summed E-state index contributed by atoms with van der Waals surface area (Å²) in [5.74, 6) is 1.81. The number of rotatable bonds is 4. The lowest BCUT2D eigenvalue weighted by molar-refractivity contribution is 0.652. The maximum Gasteiger partial charge on any atom is 0.182 e. The van der Waals surface area contributed by atoms with Gasteiger partial charge in [0.15, 0.2) is 17.5 Å². The molecule has 0 unspecified atom stereocenters. The van der Waals surface area contributed by atoms with E-state index in [0.29, 0.717) is 17.5 Å². The second-order valence-corrected chi connectivity index (χ2v) is 16.7. The van der Waals surface area contributed by atoms with Crippen LogP contribution in [0.3, 0.4) is 0 Å². The van der Waals surface area contributed by atoms with Gasteiger partial charge in [0, 0.05) is 27.7 Å². The first-order valence-corrected chi connectivity index (χ1v) is 19.8. The van der Waals surface area contributed by atoms with Crippen LogP contribution in [-0.4, -0.2) is 19.9 Å². The Bertz CT molecular complexity index is 3140. The van der Waals surface area contributed by atoms with Crippen LogP contribution in [0.5, 0.6) is 0 Å². The van der Waals surface area contributed by atoms with Crippen LogP contribution in [-0.2, 0) is 10.8 Å². The highest BCUT2D eigenvalue weighted by Gasteiger charge is 2.41. The van der Waals surface area contributed by atoms with Crippen LogP contribution in [0.25, 0.3) is 89.2 Å². The number of nitrogens with zero attached hydrogens (tertiary/aromatic N) is 4. The zero-order chi connectivity index (χ0) is 38.6. The lowest BCUT2D eigenvalue weighted by Gasteiger charge is -2.24. The number of aryl methyl sites for hydroxylation is 1. The maximum absolute atomic E-state index is 5.26. The van der Waals surface area contributed by atoms with Gasteiger partial charge in [0.05, 0.1) is 0 Å². The van der Waals surface area contributed by atoms with Crippen molar-refractivity contribution >= 4 is 21.5 Å². The van der Waals surface area contributed by atoms with Gasteiger partial charge in [0.1, 0.15) is 5.69 Å². The second-order valence-electron chi connectivity index (χ2n) is 16.7. The first-order valence-electron chi connectivity index (χ1n) is 19.8. The Morgan fingerprint density at radius 1 is 0.351 bits per heavy atom. The van der Waals surface area contributed by atoms with Crippen molar-refractivity contribution in [1.29, 1.82) is 0 Å². The van der Waals surface area contributed by atoms with Gasteiger partial charge in [-0.05, 0) is 114 Å². The minimum Gasteiger partial charge on any atom is -0.250 e. The molecule has 0 spiro atoms. The van der Waals surface area contributed by atoms with Crippen LogP contribution in [0.1, 0.15) is 55.6 Å². The standard InChI is InChI=1S/C53H40N4/c1-31-26-35(38-21-12-16-32-14-6-8-18-36(32)38)28-48(54-31)51-56-49(55-50(57-51)41-22-13-17-33-15-7-9-19-37(33)41)34-24-25-40-43-30-46-42(29-47(43)53(4,5)45(40)27-34)39-20-10-11-23-44(39)52(46,2)3/h6-30H,1-5H3. The van der Waals surface area contributed by atoms with E-state index in [9.17, 15) is 0 Å². The summed E-state index contributed by atoms with van der Waals surface area (Å²) >= 11 is 0. The molecule has 0 bridgehead atoms. The largest absolute Gasteiger partial charge is 0.250 e. The van der Waals surface area contributed by atoms with Gasteiger partial charge in [-0.25, -0.2) is 19.9 Å². The van der Waals surface area contributed by atoms with E-state index in [1.54, 1.807) is 0 Å². The Labute approximate surface area is 333 Å². The number of pyridine rings is 1. The third-order valence-corrected chi connectivity index (χ3v) is 12.6. The Balaban J connectivity index is 1.09. The molecule has 2 aliphatic rings. The Morgan fingerprint density at radius 2 is 0.877 bits per heavy atom. The molecule has 0 saturated heterocycles. The highest BCUT2D eigenvalue weighted by molar-refractivity contribution is 5.98. The van der Waals surface area contributed by atoms with E-state index in [-0.39, 0.29) is 10.8 Å². The molecule has 0 radical (unpaired) electrons. The molecule has 11 rings (SSSR count). The highest BCUT2D eigenvalue weighted by atomic mass is 15.0. The van der Waals surface area contributed by atoms with E-state index in [1.165, 1.54) is 55.3 Å². The monoisotopic (exact) mass is 732 g/mol. The number of fused-ring (bicyclic) bond motifs is 8. The summed E-state index contributed by atoms with van der Waals surface area (Å²) in [6, 6.07) is 54.6. The van der Waals surface area contributed by atoms with Crippen molar-refractivity contribution in [1.82, 2.24) is 19.9 Å². The molecule has 0 fully saturated rings. The number of aromatic nitrogens is 4. The first-order chi connectivity index (χ1) is 27.6. The molecule has 0 atom stereocenters. The number of benzene rings is 7. The summed E-state index contributed by atoms with van der Waals surface area (Å²) in [4.78, 5) is 20.8. The molecule has 4 heteroatoms. The highest BCUT2D eigenvalue weighted by Crippen LogP contribution is 2.56. The molecule has 2 heterocycles. The maximum atomic E-state index is 5.26. The van der Waals surface area contributed by atoms with Crippen LogP contribution in [0.4, 0.5) is 0 Å². The summed E-state index contributed by atoms with van der Waals surface area (Å²) in [5, 5.41) is 4.63. The Morgan fingerprint density at radius 3 is 1.61 bits per heavy atom. The Hall–Kier alpha value is -6.78. The fourth-order valence-corrected chi connectivity index (χ4v) is 9.64. The van der Waals surface area contributed by atoms with E-state index in [0.717, 1.165) is 44.4 Å². The minimum atomic E-state index is -0.225. The molecule has 0 amide bonds. The third-order valence-electron chi connectivity index (χ3n) is 12.6. The van der Waals surface area contributed by atoms with Crippen molar-refractivity contribution < 1.29 is 0 Å². The van der Waals surface area contributed by atoms with Gasteiger partial charge in [-0.3, -0.25) is 0 Å². The third kappa shape index (κ3) is 5.06. The van der Waals surface area contributed by atoms with Crippen LogP contribution in [0.2, 0.25) is 0 Å². The van der Waals surface area contributed by atoms with Gasteiger partial charge >= 0.3 is 0 Å². The molecule has 9 aromatic rings. The molecule has 2 aromatic heterocycles. The molecule has 7 aromatic carbocycles. The molecule has 2 aliphatic carbocycles. The van der Waals surface area contributed by atoms with Gasteiger partial charge in [-0.1, -0.05) is 149 Å². The predicted molar refractivity (Wildman–Crippen MR) is 234 cm³/mol. The van der Waals surface area contributed by atoms with Crippen LogP contribution >= 0.6 is 0 Å².